The zero-order valence-corrected chi connectivity index (χ0v) is 11.6. The summed E-state index contributed by atoms with van der Waals surface area (Å²) in [6, 6.07) is 3.15. The van der Waals surface area contributed by atoms with Crippen LogP contribution in [0.2, 0.25) is 0 Å². The van der Waals surface area contributed by atoms with Gasteiger partial charge in [-0.3, -0.25) is 4.79 Å². The van der Waals surface area contributed by atoms with Crippen molar-refractivity contribution in [3.63, 3.8) is 0 Å². The third-order valence-corrected chi connectivity index (χ3v) is 2.55. The number of carbonyl (C=O) groups excluding carboxylic acids is 1. The van der Waals surface area contributed by atoms with Crippen LogP contribution >= 0.6 is 12.4 Å². The minimum atomic E-state index is -0.493. The number of hydrogen-bond acceptors (Lipinski definition) is 3. The zero-order valence-electron chi connectivity index (χ0n) is 10.8. The molecule has 0 aromatic carbocycles. The lowest BCUT2D eigenvalue weighted by atomic mass is 9.86. The maximum atomic E-state index is 12.0. The third-order valence-electron chi connectivity index (χ3n) is 2.55. The van der Waals surface area contributed by atoms with E-state index in [0.29, 0.717) is 6.54 Å². The van der Waals surface area contributed by atoms with Crippen LogP contribution in [0.5, 0.6) is 0 Å². The molecule has 0 aliphatic heterocycles. The summed E-state index contributed by atoms with van der Waals surface area (Å²) in [5, 5.41) is 0. The van der Waals surface area contributed by atoms with Gasteiger partial charge in [-0.05, 0) is 17.5 Å². The van der Waals surface area contributed by atoms with E-state index in [1.54, 1.807) is 24.3 Å². The predicted molar refractivity (Wildman–Crippen MR) is 69.9 cm³/mol. The molecule has 1 atom stereocenters. The van der Waals surface area contributed by atoms with E-state index < -0.39 is 6.04 Å². The fourth-order valence-corrected chi connectivity index (χ4v) is 1.32. The molecule has 5 heteroatoms. The minimum Gasteiger partial charge on any atom is -0.467 e. The Balaban J connectivity index is 0.00000256. The molecule has 0 unspecified atom stereocenters. The summed E-state index contributed by atoms with van der Waals surface area (Å²) in [6.07, 6.45) is 1.59. The molecule has 1 aromatic heterocycles. The molecule has 0 radical (unpaired) electrons. The first-order valence-electron chi connectivity index (χ1n) is 5.35. The van der Waals surface area contributed by atoms with E-state index in [1.807, 2.05) is 26.8 Å². The highest BCUT2D eigenvalue weighted by atomic mass is 35.5. The summed E-state index contributed by atoms with van der Waals surface area (Å²) >= 11 is 0. The Kier molecular flexibility index (Phi) is 5.72. The average Bonchev–Trinajstić information content (AvgIpc) is 2.66. The van der Waals surface area contributed by atoms with Crippen LogP contribution in [-0.4, -0.2) is 23.9 Å². The number of furan rings is 1. The normalized spacial score (nSPS) is 12.8. The van der Waals surface area contributed by atoms with Crippen LogP contribution in [0.4, 0.5) is 0 Å². The first-order valence-corrected chi connectivity index (χ1v) is 5.35. The standard InChI is InChI=1S/C12H20N2O2.ClH/c1-12(2,3)10(13)11(15)14(4)8-9-6-5-7-16-9;/h5-7,10H,8,13H2,1-4H3;1H/t10-;/m1./s1. The number of nitrogens with two attached hydrogens (primary N) is 1. The molecular weight excluding hydrogens is 240 g/mol. The van der Waals surface area contributed by atoms with Gasteiger partial charge in [0, 0.05) is 7.05 Å². The van der Waals surface area contributed by atoms with Gasteiger partial charge in [0.15, 0.2) is 0 Å². The lowest BCUT2D eigenvalue weighted by Crippen LogP contribution is -2.48. The molecule has 17 heavy (non-hydrogen) atoms. The second-order valence-corrected chi connectivity index (χ2v) is 5.12. The van der Waals surface area contributed by atoms with Crippen molar-refractivity contribution >= 4 is 18.3 Å². The quantitative estimate of drug-likeness (QED) is 0.905. The van der Waals surface area contributed by atoms with Gasteiger partial charge >= 0.3 is 0 Å². The highest BCUT2D eigenvalue weighted by Crippen LogP contribution is 2.19. The molecule has 98 valence electrons. The minimum absolute atomic E-state index is 0. The van der Waals surface area contributed by atoms with Crippen LogP contribution in [0.1, 0.15) is 26.5 Å². The van der Waals surface area contributed by atoms with Crippen molar-refractivity contribution in [3.05, 3.63) is 24.2 Å². The highest BCUT2D eigenvalue weighted by Gasteiger charge is 2.29. The SMILES string of the molecule is CN(Cc1ccco1)C(=O)[C@@H](N)C(C)(C)C.Cl. The van der Waals surface area contributed by atoms with Crippen LogP contribution < -0.4 is 5.73 Å². The van der Waals surface area contributed by atoms with E-state index in [4.69, 9.17) is 10.2 Å². The monoisotopic (exact) mass is 260 g/mol. The highest BCUT2D eigenvalue weighted by molar-refractivity contribution is 5.85. The van der Waals surface area contributed by atoms with Crippen LogP contribution in [0.15, 0.2) is 22.8 Å². The Bertz CT molecular complexity index is 344. The average molecular weight is 261 g/mol. The fourth-order valence-electron chi connectivity index (χ4n) is 1.32. The largest absolute Gasteiger partial charge is 0.467 e. The van der Waals surface area contributed by atoms with Gasteiger partial charge in [0.1, 0.15) is 5.76 Å². The van der Waals surface area contributed by atoms with Gasteiger partial charge in [0.25, 0.3) is 0 Å². The maximum Gasteiger partial charge on any atom is 0.240 e. The summed E-state index contributed by atoms with van der Waals surface area (Å²) in [5.74, 6) is 0.695. The topological polar surface area (TPSA) is 59.5 Å². The molecule has 1 rings (SSSR count). The molecule has 1 aromatic rings. The molecule has 0 fully saturated rings. The summed E-state index contributed by atoms with van der Waals surface area (Å²) in [5.41, 5.74) is 5.67. The van der Waals surface area contributed by atoms with Crippen LogP contribution in [0.25, 0.3) is 0 Å². The molecule has 0 spiro atoms. The van der Waals surface area contributed by atoms with Gasteiger partial charge in [0.2, 0.25) is 5.91 Å². The van der Waals surface area contributed by atoms with E-state index in [1.165, 1.54) is 0 Å². The van der Waals surface area contributed by atoms with Crippen molar-refractivity contribution in [2.24, 2.45) is 11.1 Å². The number of hydrogen-bond donors (Lipinski definition) is 1. The molecule has 0 aliphatic rings. The van der Waals surface area contributed by atoms with Crippen molar-refractivity contribution in [3.8, 4) is 0 Å². The number of amides is 1. The van der Waals surface area contributed by atoms with Crippen molar-refractivity contribution in [2.75, 3.05) is 7.05 Å². The van der Waals surface area contributed by atoms with Gasteiger partial charge < -0.3 is 15.1 Å². The number of nitrogens with zero attached hydrogens (tertiary/aromatic N) is 1. The molecule has 4 nitrogen and oxygen atoms in total. The smallest absolute Gasteiger partial charge is 0.240 e. The van der Waals surface area contributed by atoms with E-state index in [-0.39, 0.29) is 23.7 Å². The Hall–Kier alpha value is -1.00. The molecule has 0 bridgehead atoms. The first kappa shape index (κ1) is 16.0. The van der Waals surface area contributed by atoms with Gasteiger partial charge in [0.05, 0.1) is 18.8 Å². The molecule has 0 aliphatic carbocycles. The van der Waals surface area contributed by atoms with Crippen molar-refractivity contribution < 1.29 is 9.21 Å². The molecule has 1 heterocycles. The summed E-state index contributed by atoms with van der Waals surface area (Å²) in [6.45, 7) is 6.32. The first-order chi connectivity index (χ1) is 7.32. The summed E-state index contributed by atoms with van der Waals surface area (Å²) < 4.78 is 5.18. The second kappa shape index (κ2) is 6.07. The summed E-state index contributed by atoms with van der Waals surface area (Å²) in [7, 11) is 1.73. The fraction of sp³-hybridized carbons (Fsp3) is 0.583. The van der Waals surface area contributed by atoms with Gasteiger partial charge in [-0.2, -0.15) is 0 Å². The molecule has 0 saturated heterocycles. The van der Waals surface area contributed by atoms with Crippen LogP contribution in [0.3, 0.4) is 0 Å². The summed E-state index contributed by atoms with van der Waals surface area (Å²) in [4.78, 5) is 13.6. The lowest BCUT2D eigenvalue weighted by Gasteiger charge is -2.29. The molecular formula is C12H21ClN2O2. The third kappa shape index (κ3) is 4.40. The zero-order chi connectivity index (χ0) is 12.3. The van der Waals surface area contributed by atoms with Crippen LogP contribution in [-0.2, 0) is 11.3 Å². The van der Waals surface area contributed by atoms with Crippen molar-refractivity contribution in [1.82, 2.24) is 4.90 Å². The number of rotatable bonds is 3. The number of carbonyl (C=O) groups is 1. The van der Waals surface area contributed by atoms with E-state index in [2.05, 4.69) is 0 Å². The van der Waals surface area contributed by atoms with E-state index >= 15 is 0 Å². The van der Waals surface area contributed by atoms with Crippen molar-refractivity contribution in [2.45, 2.75) is 33.4 Å². The van der Waals surface area contributed by atoms with Gasteiger partial charge in [-0.15, -0.1) is 12.4 Å². The van der Waals surface area contributed by atoms with Crippen LogP contribution in [0, 0.1) is 5.41 Å². The van der Waals surface area contributed by atoms with Gasteiger partial charge in [-0.25, -0.2) is 0 Å². The Morgan fingerprint density at radius 1 is 1.53 bits per heavy atom. The van der Waals surface area contributed by atoms with Gasteiger partial charge in [-0.1, -0.05) is 20.8 Å². The molecule has 0 saturated carbocycles. The molecule has 2 N–H and O–H groups in total. The predicted octanol–water partition coefficient (Wildman–Crippen LogP) is 2.03. The number of likely N-dealkylation sites (N-methyl/N-ethyl adjacent to an activating group) is 1. The lowest BCUT2D eigenvalue weighted by molar-refractivity contribution is -0.134. The Labute approximate surface area is 109 Å². The Morgan fingerprint density at radius 2 is 2.12 bits per heavy atom. The van der Waals surface area contributed by atoms with Crippen molar-refractivity contribution in [1.29, 1.82) is 0 Å². The maximum absolute atomic E-state index is 12.0. The molecule has 1 amide bonds. The second-order valence-electron chi connectivity index (χ2n) is 5.12. The van der Waals surface area contributed by atoms with E-state index in [9.17, 15) is 4.79 Å². The van der Waals surface area contributed by atoms with E-state index in [0.717, 1.165) is 5.76 Å². The Morgan fingerprint density at radius 3 is 2.53 bits per heavy atom. The number of halogens is 1.